The van der Waals surface area contributed by atoms with Crippen LogP contribution in [0.15, 0.2) is 11.4 Å². The van der Waals surface area contributed by atoms with Crippen LogP contribution >= 0.6 is 11.3 Å². The molecule has 0 aromatic carbocycles. The molecule has 0 unspecified atom stereocenters. The van der Waals surface area contributed by atoms with E-state index in [1.165, 1.54) is 19.3 Å². The molecule has 0 saturated heterocycles. The van der Waals surface area contributed by atoms with Crippen molar-refractivity contribution in [1.82, 2.24) is 0 Å². The number of unbranched alkanes of at least 4 members (excludes halogenated alkanes) is 1. The van der Waals surface area contributed by atoms with E-state index >= 15 is 0 Å². The Morgan fingerprint density at radius 1 is 1.60 bits per heavy atom. The lowest BCUT2D eigenvalue weighted by Crippen LogP contribution is -1.75. The molecule has 1 atom stereocenters. The Morgan fingerprint density at radius 3 is 3.10 bits per heavy atom. The summed E-state index contributed by atoms with van der Waals surface area (Å²) in [6.07, 6.45) is 4.13. The second-order valence-corrected chi connectivity index (χ2v) is 3.88. The molecule has 1 heteroatoms. The first-order valence-corrected chi connectivity index (χ1v) is 4.88. The van der Waals surface area contributed by atoms with Gasteiger partial charge in [-0.05, 0) is 23.4 Å². The lowest BCUT2D eigenvalue weighted by Gasteiger charge is -1.92. The molecule has 1 aliphatic carbocycles. The summed E-state index contributed by atoms with van der Waals surface area (Å²) < 4.78 is 0. The molecule has 0 radical (unpaired) electrons. The smallest absolute Gasteiger partial charge is 0.0198 e. The van der Waals surface area contributed by atoms with E-state index < -0.39 is 0 Å². The summed E-state index contributed by atoms with van der Waals surface area (Å²) in [6.45, 7) is 2.26. The molecule has 1 aromatic heterocycles. The first-order chi connectivity index (χ1) is 4.93. The van der Waals surface area contributed by atoms with Crippen LogP contribution in [0.5, 0.6) is 0 Å². The maximum Gasteiger partial charge on any atom is 0.0198 e. The molecule has 1 heterocycles. The first kappa shape index (κ1) is 6.41. The summed E-state index contributed by atoms with van der Waals surface area (Å²) in [5.41, 5.74) is 1.64. The van der Waals surface area contributed by atoms with Crippen molar-refractivity contribution in [1.29, 1.82) is 0 Å². The minimum absolute atomic E-state index is 0.898. The monoisotopic (exact) mass is 152 g/mol. The van der Waals surface area contributed by atoms with Crippen molar-refractivity contribution in [3.05, 3.63) is 21.9 Å². The molecule has 2 rings (SSSR count). The fraction of sp³-hybridized carbons (Fsp3) is 0.556. The Labute approximate surface area is 65.9 Å². The number of rotatable bonds is 3. The van der Waals surface area contributed by atoms with Gasteiger partial charge in [0.15, 0.2) is 0 Å². The SMILES string of the molecule is CCCC[C@H]1c2ccsc21. The van der Waals surface area contributed by atoms with E-state index in [9.17, 15) is 0 Å². The average molecular weight is 152 g/mol. The van der Waals surface area contributed by atoms with Crippen molar-refractivity contribution in [2.45, 2.75) is 32.1 Å². The van der Waals surface area contributed by atoms with Gasteiger partial charge in [0.05, 0.1) is 0 Å². The third-order valence-electron chi connectivity index (χ3n) is 2.18. The predicted octanol–water partition coefficient (Wildman–Crippen LogP) is 3.38. The minimum atomic E-state index is 0.898. The van der Waals surface area contributed by atoms with Gasteiger partial charge < -0.3 is 0 Å². The fourth-order valence-electron chi connectivity index (χ4n) is 1.49. The fourth-order valence-corrected chi connectivity index (χ4v) is 2.55. The van der Waals surface area contributed by atoms with E-state index in [-0.39, 0.29) is 0 Å². The zero-order chi connectivity index (χ0) is 6.97. The van der Waals surface area contributed by atoms with Gasteiger partial charge >= 0.3 is 0 Å². The molecule has 0 saturated carbocycles. The Morgan fingerprint density at radius 2 is 2.50 bits per heavy atom. The minimum Gasteiger partial charge on any atom is -0.148 e. The number of fused-ring (bicyclic) bond motifs is 1. The van der Waals surface area contributed by atoms with Crippen LogP contribution in [0.4, 0.5) is 0 Å². The van der Waals surface area contributed by atoms with E-state index in [2.05, 4.69) is 18.4 Å². The zero-order valence-electron chi connectivity index (χ0n) is 6.26. The van der Waals surface area contributed by atoms with E-state index in [1.807, 2.05) is 11.3 Å². The summed E-state index contributed by atoms with van der Waals surface area (Å²) in [5.74, 6) is 0.898. The van der Waals surface area contributed by atoms with Gasteiger partial charge in [-0.2, -0.15) is 0 Å². The molecule has 1 aromatic rings. The van der Waals surface area contributed by atoms with Gasteiger partial charge in [-0.15, -0.1) is 11.3 Å². The van der Waals surface area contributed by atoms with Gasteiger partial charge in [-0.3, -0.25) is 0 Å². The van der Waals surface area contributed by atoms with E-state index in [1.54, 1.807) is 10.4 Å². The highest BCUT2D eigenvalue weighted by Crippen LogP contribution is 2.50. The second kappa shape index (κ2) is 2.39. The Balaban J connectivity index is 1.87. The highest BCUT2D eigenvalue weighted by Gasteiger charge is 2.32. The van der Waals surface area contributed by atoms with Gasteiger partial charge in [0.25, 0.3) is 0 Å². The number of hydrogen-bond acceptors (Lipinski definition) is 1. The van der Waals surface area contributed by atoms with Crippen molar-refractivity contribution in [2.75, 3.05) is 0 Å². The molecule has 54 valence electrons. The van der Waals surface area contributed by atoms with Crippen molar-refractivity contribution >= 4 is 11.3 Å². The van der Waals surface area contributed by atoms with Crippen LogP contribution in [-0.4, -0.2) is 0 Å². The lowest BCUT2D eigenvalue weighted by atomic mass is 10.1. The van der Waals surface area contributed by atoms with Gasteiger partial charge in [-0.1, -0.05) is 19.8 Å². The molecule has 1 aliphatic rings. The Bertz CT molecular complexity index is 206. The summed E-state index contributed by atoms with van der Waals surface area (Å²) in [4.78, 5) is 1.66. The van der Waals surface area contributed by atoms with Crippen LogP contribution in [0.2, 0.25) is 0 Å². The third-order valence-corrected chi connectivity index (χ3v) is 3.23. The maximum atomic E-state index is 2.28. The molecule has 0 aliphatic heterocycles. The molecule has 0 bridgehead atoms. The molecule has 10 heavy (non-hydrogen) atoms. The summed E-state index contributed by atoms with van der Waals surface area (Å²) in [5, 5.41) is 2.20. The molecular formula is C9H12S. The zero-order valence-corrected chi connectivity index (χ0v) is 7.08. The van der Waals surface area contributed by atoms with Gasteiger partial charge in [0, 0.05) is 10.8 Å². The number of thiophene rings is 1. The topological polar surface area (TPSA) is 0 Å². The standard InChI is InChI=1S/C9H12S/c1-2-3-4-7-8-5-6-10-9(7)8/h5-7H,2-4H2,1H3/t7-/m0/s1. The normalized spacial score (nSPS) is 20.7. The van der Waals surface area contributed by atoms with Crippen LogP contribution in [0.3, 0.4) is 0 Å². The highest BCUT2D eigenvalue weighted by atomic mass is 32.1. The predicted molar refractivity (Wildman–Crippen MR) is 45.7 cm³/mol. The molecule has 0 amide bonds. The molecule has 0 fully saturated rings. The second-order valence-electron chi connectivity index (χ2n) is 2.94. The van der Waals surface area contributed by atoms with E-state index in [0.29, 0.717) is 0 Å². The molecule has 0 spiro atoms. The average Bonchev–Trinajstić information content (AvgIpc) is 2.46. The van der Waals surface area contributed by atoms with Gasteiger partial charge in [0.1, 0.15) is 0 Å². The van der Waals surface area contributed by atoms with Crippen LogP contribution in [-0.2, 0) is 0 Å². The Hall–Kier alpha value is -0.300. The van der Waals surface area contributed by atoms with Crippen LogP contribution < -0.4 is 0 Å². The third kappa shape index (κ3) is 0.891. The van der Waals surface area contributed by atoms with Gasteiger partial charge in [0.2, 0.25) is 0 Å². The highest BCUT2D eigenvalue weighted by molar-refractivity contribution is 7.11. The van der Waals surface area contributed by atoms with Crippen molar-refractivity contribution in [2.24, 2.45) is 0 Å². The molecule has 0 N–H and O–H groups in total. The van der Waals surface area contributed by atoms with E-state index in [4.69, 9.17) is 0 Å². The maximum absolute atomic E-state index is 2.28. The van der Waals surface area contributed by atoms with Crippen molar-refractivity contribution < 1.29 is 0 Å². The summed E-state index contributed by atoms with van der Waals surface area (Å²) >= 11 is 1.93. The lowest BCUT2D eigenvalue weighted by molar-refractivity contribution is 0.710. The summed E-state index contributed by atoms with van der Waals surface area (Å²) in [6, 6.07) is 2.28. The quantitative estimate of drug-likeness (QED) is 0.623. The number of hydrogen-bond donors (Lipinski definition) is 0. The largest absolute Gasteiger partial charge is 0.148 e. The van der Waals surface area contributed by atoms with Gasteiger partial charge in [-0.25, -0.2) is 0 Å². The first-order valence-electron chi connectivity index (χ1n) is 4.00. The van der Waals surface area contributed by atoms with Crippen molar-refractivity contribution in [3.63, 3.8) is 0 Å². The van der Waals surface area contributed by atoms with Crippen LogP contribution in [0.1, 0.15) is 42.5 Å². The van der Waals surface area contributed by atoms with Crippen LogP contribution in [0, 0.1) is 0 Å². The summed E-state index contributed by atoms with van der Waals surface area (Å²) in [7, 11) is 0. The molecular weight excluding hydrogens is 140 g/mol. The van der Waals surface area contributed by atoms with Crippen LogP contribution in [0.25, 0.3) is 0 Å². The Kier molecular flexibility index (Phi) is 1.53. The molecule has 0 nitrogen and oxygen atoms in total. The van der Waals surface area contributed by atoms with E-state index in [0.717, 1.165) is 5.92 Å². The van der Waals surface area contributed by atoms with Crippen molar-refractivity contribution in [3.8, 4) is 0 Å².